The zero-order valence-corrected chi connectivity index (χ0v) is 15.3. The van der Waals surface area contributed by atoms with Gasteiger partial charge in [0.25, 0.3) is 5.91 Å². The first kappa shape index (κ1) is 17.0. The second kappa shape index (κ2) is 7.05. The van der Waals surface area contributed by atoms with Crippen LogP contribution in [0.15, 0.2) is 65.8 Å². The Hall–Kier alpha value is -3.45. The molecule has 4 aromatic rings. The van der Waals surface area contributed by atoms with Crippen LogP contribution in [0.1, 0.15) is 20.9 Å². The topological polar surface area (TPSA) is 79.5 Å². The molecule has 0 saturated carbocycles. The first-order chi connectivity index (χ1) is 13.1. The van der Waals surface area contributed by atoms with Crippen molar-refractivity contribution in [2.45, 2.75) is 6.92 Å². The van der Waals surface area contributed by atoms with E-state index < -0.39 is 0 Å². The van der Waals surface area contributed by atoms with Gasteiger partial charge >= 0.3 is 0 Å². The number of thiophene rings is 1. The number of amides is 1. The highest BCUT2D eigenvalue weighted by Crippen LogP contribution is 2.30. The molecule has 0 aliphatic heterocycles. The number of carbonyl (C=O) groups excluding carboxylic acids is 1. The Morgan fingerprint density at radius 2 is 1.93 bits per heavy atom. The van der Waals surface area contributed by atoms with E-state index in [0.717, 1.165) is 21.6 Å². The number of rotatable bonds is 4. The molecule has 7 heteroatoms. The number of hydrogen-bond acceptors (Lipinski definition) is 5. The number of nitrogens with zero attached hydrogens (tertiary/aromatic N) is 3. The van der Waals surface area contributed by atoms with Gasteiger partial charge in [0.1, 0.15) is 10.6 Å². The number of nitrogens with one attached hydrogen (secondary N) is 1. The molecule has 134 valence electrons. The minimum atomic E-state index is -0.304. The molecule has 0 bridgehead atoms. The Bertz CT molecular complexity index is 1150. The molecule has 0 spiro atoms. The molecule has 1 amide bonds. The Balaban J connectivity index is 1.59. The number of benzene rings is 2. The van der Waals surface area contributed by atoms with Gasteiger partial charge < -0.3 is 5.11 Å². The van der Waals surface area contributed by atoms with Crippen LogP contribution in [0.25, 0.3) is 15.9 Å². The predicted molar refractivity (Wildman–Crippen MR) is 107 cm³/mol. The van der Waals surface area contributed by atoms with E-state index >= 15 is 0 Å². The molecule has 2 N–H and O–H groups in total. The number of aromatic nitrogens is 2. The van der Waals surface area contributed by atoms with Crippen molar-refractivity contribution < 1.29 is 9.90 Å². The van der Waals surface area contributed by atoms with Crippen LogP contribution >= 0.6 is 11.3 Å². The normalized spacial score (nSPS) is 11.3. The second-order valence-electron chi connectivity index (χ2n) is 5.92. The van der Waals surface area contributed by atoms with Crippen LogP contribution < -0.4 is 5.43 Å². The highest BCUT2D eigenvalue weighted by atomic mass is 32.1. The second-order valence-corrected chi connectivity index (χ2v) is 6.95. The van der Waals surface area contributed by atoms with Crippen molar-refractivity contribution >= 4 is 33.7 Å². The number of phenols is 1. The molecule has 4 rings (SSSR count). The van der Waals surface area contributed by atoms with Gasteiger partial charge in [-0.25, -0.2) is 10.1 Å². The zero-order valence-electron chi connectivity index (χ0n) is 14.5. The molecule has 2 aromatic carbocycles. The van der Waals surface area contributed by atoms with E-state index in [1.54, 1.807) is 24.3 Å². The van der Waals surface area contributed by atoms with Crippen LogP contribution in [-0.4, -0.2) is 27.0 Å². The first-order valence-electron chi connectivity index (χ1n) is 8.29. The fraction of sp³-hybridized carbons (Fsp3) is 0.0500. The lowest BCUT2D eigenvalue weighted by Crippen LogP contribution is -2.16. The Kier molecular flexibility index (Phi) is 4.43. The van der Waals surface area contributed by atoms with Gasteiger partial charge in [0.05, 0.1) is 22.5 Å². The summed E-state index contributed by atoms with van der Waals surface area (Å²) in [7, 11) is 0. The number of aryl methyl sites for hydroxylation is 1. The molecule has 0 radical (unpaired) electrons. The van der Waals surface area contributed by atoms with Crippen molar-refractivity contribution in [1.29, 1.82) is 0 Å². The van der Waals surface area contributed by atoms with Crippen LogP contribution in [0.4, 0.5) is 0 Å². The van der Waals surface area contributed by atoms with E-state index in [1.807, 2.05) is 48.0 Å². The van der Waals surface area contributed by atoms with Crippen molar-refractivity contribution in [3.63, 3.8) is 0 Å². The zero-order chi connectivity index (χ0) is 18.8. The molecule has 0 saturated heterocycles. The van der Waals surface area contributed by atoms with Gasteiger partial charge in [0.15, 0.2) is 0 Å². The van der Waals surface area contributed by atoms with Gasteiger partial charge in [-0.1, -0.05) is 30.3 Å². The van der Waals surface area contributed by atoms with Crippen LogP contribution in [0.5, 0.6) is 5.75 Å². The van der Waals surface area contributed by atoms with Crippen LogP contribution in [0.2, 0.25) is 0 Å². The lowest BCUT2D eigenvalue weighted by molar-refractivity contribution is 0.0959. The third-order valence-corrected chi connectivity index (χ3v) is 5.19. The minimum Gasteiger partial charge on any atom is -0.507 e. The SMILES string of the molecule is Cc1nn(-c2ccccc2)c2sc(C(=O)N/N=C/c3ccccc3O)cc12. The summed E-state index contributed by atoms with van der Waals surface area (Å²) in [6.07, 6.45) is 1.41. The summed E-state index contributed by atoms with van der Waals surface area (Å²) in [5.41, 5.74) is 4.85. The summed E-state index contributed by atoms with van der Waals surface area (Å²) in [6.45, 7) is 1.92. The maximum absolute atomic E-state index is 12.4. The molecule has 0 unspecified atom stereocenters. The Morgan fingerprint density at radius 3 is 2.70 bits per heavy atom. The number of carbonyl (C=O) groups is 1. The van der Waals surface area contributed by atoms with Crippen molar-refractivity contribution in [2.75, 3.05) is 0 Å². The summed E-state index contributed by atoms with van der Waals surface area (Å²) in [5.74, 6) is -0.196. The summed E-state index contributed by atoms with van der Waals surface area (Å²) < 4.78 is 1.84. The molecule has 0 aliphatic rings. The van der Waals surface area contributed by atoms with E-state index in [0.29, 0.717) is 10.4 Å². The molecule has 2 aromatic heterocycles. The largest absolute Gasteiger partial charge is 0.507 e. The summed E-state index contributed by atoms with van der Waals surface area (Å²) >= 11 is 1.36. The van der Waals surface area contributed by atoms with E-state index in [2.05, 4.69) is 15.6 Å². The van der Waals surface area contributed by atoms with Gasteiger partial charge in [-0.3, -0.25) is 4.79 Å². The first-order valence-corrected chi connectivity index (χ1v) is 9.11. The number of phenolic OH excluding ortho intramolecular Hbond substituents is 1. The Labute approximate surface area is 159 Å². The van der Waals surface area contributed by atoms with Crippen LogP contribution in [-0.2, 0) is 0 Å². The minimum absolute atomic E-state index is 0.107. The molecular formula is C20H16N4O2S. The molecule has 27 heavy (non-hydrogen) atoms. The lowest BCUT2D eigenvalue weighted by Gasteiger charge is -2.01. The van der Waals surface area contributed by atoms with Crippen LogP contribution in [0, 0.1) is 6.92 Å². The number of fused-ring (bicyclic) bond motifs is 1. The molecule has 0 atom stereocenters. The fourth-order valence-electron chi connectivity index (χ4n) is 2.72. The lowest BCUT2D eigenvalue weighted by atomic mass is 10.2. The number of hydrazone groups is 1. The smallest absolute Gasteiger partial charge is 0.281 e. The maximum atomic E-state index is 12.4. The number of para-hydroxylation sites is 2. The van der Waals surface area contributed by atoms with E-state index in [1.165, 1.54) is 17.6 Å². The number of hydrogen-bond donors (Lipinski definition) is 2. The van der Waals surface area contributed by atoms with Gasteiger partial charge in [-0.2, -0.15) is 10.2 Å². The van der Waals surface area contributed by atoms with Crippen molar-refractivity contribution in [3.8, 4) is 11.4 Å². The van der Waals surface area contributed by atoms with Gasteiger partial charge in [0.2, 0.25) is 0 Å². The van der Waals surface area contributed by atoms with E-state index in [9.17, 15) is 9.90 Å². The maximum Gasteiger partial charge on any atom is 0.281 e. The quantitative estimate of drug-likeness (QED) is 0.419. The third-order valence-electron chi connectivity index (χ3n) is 4.08. The monoisotopic (exact) mass is 376 g/mol. The van der Waals surface area contributed by atoms with Crippen LogP contribution in [0.3, 0.4) is 0 Å². The average molecular weight is 376 g/mol. The fourth-order valence-corrected chi connectivity index (χ4v) is 3.79. The average Bonchev–Trinajstić information content (AvgIpc) is 3.25. The molecular weight excluding hydrogens is 360 g/mol. The van der Waals surface area contributed by atoms with Gasteiger partial charge in [0, 0.05) is 10.9 Å². The predicted octanol–water partition coefficient (Wildman–Crippen LogP) is 3.86. The molecule has 2 heterocycles. The summed E-state index contributed by atoms with van der Waals surface area (Å²) in [4.78, 5) is 13.9. The highest BCUT2D eigenvalue weighted by molar-refractivity contribution is 7.20. The van der Waals surface area contributed by atoms with Gasteiger partial charge in [-0.15, -0.1) is 11.3 Å². The molecule has 6 nitrogen and oxygen atoms in total. The summed E-state index contributed by atoms with van der Waals surface area (Å²) in [6, 6.07) is 18.4. The van der Waals surface area contributed by atoms with Gasteiger partial charge in [-0.05, 0) is 37.3 Å². The molecule has 0 aliphatic carbocycles. The standard InChI is InChI=1S/C20H16N4O2S/c1-13-16-11-18(19(26)22-21-12-14-7-5-6-10-17(14)25)27-20(16)24(23-13)15-8-3-2-4-9-15/h2-12,25H,1H3,(H,22,26)/b21-12+. The van der Waals surface area contributed by atoms with Crippen molar-refractivity contribution in [2.24, 2.45) is 5.10 Å². The number of aromatic hydroxyl groups is 1. The Morgan fingerprint density at radius 1 is 1.19 bits per heavy atom. The summed E-state index contributed by atoms with van der Waals surface area (Å²) in [5, 5.41) is 19.2. The highest BCUT2D eigenvalue weighted by Gasteiger charge is 2.16. The molecule has 0 fully saturated rings. The third kappa shape index (κ3) is 3.32. The van der Waals surface area contributed by atoms with E-state index in [4.69, 9.17) is 0 Å². The van der Waals surface area contributed by atoms with E-state index in [-0.39, 0.29) is 11.7 Å². The van der Waals surface area contributed by atoms with Crippen molar-refractivity contribution in [1.82, 2.24) is 15.2 Å². The van der Waals surface area contributed by atoms with Crippen molar-refractivity contribution in [3.05, 3.63) is 76.8 Å².